The number of thiol groups is 2. The number of aliphatic hydroxyl groups excluding tert-OH is 2. The number of aliphatic carboxylic acids is 2. The lowest BCUT2D eigenvalue weighted by atomic mass is 9.96. The second kappa shape index (κ2) is 60.8. The first-order chi connectivity index (χ1) is 63.0. The monoisotopic (exact) mass is 1940 g/mol. The summed E-state index contributed by atoms with van der Waals surface area (Å²) in [6.07, 6.45) is -0.902. The number of nitrogens with one attached hydrogen (secondary N) is 17. The summed E-state index contributed by atoms with van der Waals surface area (Å²) >= 11 is 8.52. The van der Waals surface area contributed by atoms with Gasteiger partial charge in [-0.25, -0.2) is 0 Å². The molecule has 0 aromatic rings. The number of nitrogens with two attached hydrogens (primary N) is 5. The van der Waals surface area contributed by atoms with Crippen molar-refractivity contribution < 1.29 is 121 Å². The molecule has 134 heavy (non-hydrogen) atoms. The second-order valence-electron chi connectivity index (χ2n) is 34.0. The Kier molecular flexibility index (Phi) is 53.9. The smallest absolute Gasteiger partial charge is 0.325 e. The number of carboxylic acid groups (broad SMARTS) is 2. The van der Waals surface area contributed by atoms with Gasteiger partial charge in [0, 0.05) is 37.4 Å². The molecule has 49 nitrogen and oxygen atoms in total. The number of hydrogen-bond acceptors (Lipinski definition) is 28. The molecule has 758 valence electrons. The Bertz CT molecular complexity index is 4050. The number of nitrogens with zero attached hydrogens (tertiary/aromatic N) is 2. The van der Waals surface area contributed by atoms with E-state index in [4.69, 9.17) is 28.7 Å². The number of amides is 19. The van der Waals surface area contributed by atoms with Gasteiger partial charge < -0.3 is 144 Å². The fraction of sp³-hybridized carbons (Fsp3) is 0.735. The van der Waals surface area contributed by atoms with Crippen molar-refractivity contribution in [2.75, 3.05) is 50.9 Å². The third-order valence-electron chi connectivity index (χ3n) is 23.2. The number of aliphatic imine (C=N–C) groups is 1. The predicted octanol–water partition coefficient (Wildman–Crippen LogP) is -8.52. The van der Waals surface area contributed by atoms with Crippen LogP contribution in [0.15, 0.2) is 4.99 Å². The maximum atomic E-state index is 14.6. The zero-order valence-electron chi connectivity index (χ0n) is 78.2. The molecule has 0 saturated carbocycles. The Balaban J connectivity index is 2.46. The van der Waals surface area contributed by atoms with E-state index in [0.29, 0.717) is 25.8 Å². The van der Waals surface area contributed by atoms with Crippen LogP contribution in [-0.4, -0.2) is 315 Å². The van der Waals surface area contributed by atoms with E-state index in [1.807, 2.05) is 0 Å². The molecular formula is C83H144N24O25S2. The van der Waals surface area contributed by atoms with Crippen molar-refractivity contribution in [2.24, 2.45) is 63.3 Å². The summed E-state index contributed by atoms with van der Waals surface area (Å²) in [5.74, 6) is -26.0. The van der Waals surface area contributed by atoms with Crippen LogP contribution in [0.3, 0.4) is 0 Å². The van der Waals surface area contributed by atoms with Crippen LogP contribution in [0.5, 0.6) is 0 Å². The number of carboxylic acids is 2. The van der Waals surface area contributed by atoms with Crippen molar-refractivity contribution in [3.05, 3.63) is 0 Å². The number of hydrogen-bond donors (Lipinski definition) is 28. The van der Waals surface area contributed by atoms with Crippen LogP contribution >= 0.6 is 25.3 Å². The third kappa shape index (κ3) is 40.1. The molecule has 22 atom stereocenters. The minimum absolute atomic E-state index is 0.0718. The van der Waals surface area contributed by atoms with Crippen LogP contribution in [0.2, 0.25) is 0 Å². The maximum absolute atomic E-state index is 14.6. The molecule has 0 aromatic carbocycles. The Morgan fingerprint density at radius 1 is 0.396 bits per heavy atom. The number of guanidine groups is 1. The van der Waals surface area contributed by atoms with Gasteiger partial charge in [-0.15, -0.1) is 0 Å². The standard InChI is InChI=1S/C83H144N24O25S2/c1-13-40(7)61(77(126)92-45(12)82(131)132)103-65(114)44(11)91-67(116)49(26-28-57(85)110)95-79(128)63(42(9)15-3)105-73(122)54(37-133)100-70(119)50(27-29-58(86)111)96-80(129)64(43(10)16-4)106-75(124)56-25-21-33-107(56)81(130)53(36-109)99-71(120)51(34-59(112)113)97-69(118)48(24-20-32-90-83(87)88)93-68(117)47(22-17-18-30-84)94-78(127)62(41(8)14-2)104-74(123)55(38-134)101-72(121)52(35-108)98-76(125)60(39(5)6)102-66(115)46-23-19-31-89-46/h39-56,60-64,89,108-109,133-134H,13-38,84H2,1-12H3,(H2,85,110)(H2,86,111)(H,91,116)(H,92,126)(H,93,117)(H,94,127)(H,95,128)(H,96,129)(H,97,118)(H,98,125)(H,99,120)(H,100,119)(H,101,121)(H,102,115)(H,103,114)(H,104,123)(H,105,122)(H,106,124)(H,112,113)(H,131,132)(H4,87,88,90)/t40-,41-,42-,43-,44-,45-,46-,47-,48-,49-,50-,51-,52-,53-,54-,55-,56-,60-,61-,62-,63-,64-/m0/s1. The van der Waals surface area contributed by atoms with Gasteiger partial charge in [0.15, 0.2) is 5.96 Å². The molecule has 0 aromatic heterocycles. The van der Waals surface area contributed by atoms with Gasteiger partial charge in [0.2, 0.25) is 112 Å². The summed E-state index contributed by atoms with van der Waals surface area (Å²) in [5, 5.41) is 83.1. The van der Waals surface area contributed by atoms with E-state index in [1.165, 1.54) is 13.8 Å². The van der Waals surface area contributed by atoms with Gasteiger partial charge >= 0.3 is 11.9 Å². The molecule has 51 heteroatoms. The van der Waals surface area contributed by atoms with E-state index in [1.54, 1.807) is 69.2 Å². The third-order valence-corrected chi connectivity index (χ3v) is 23.9. The minimum atomic E-state index is -2.10. The van der Waals surface area contributed by atoms with Gasteiger partial charge in [-0.2, -0.15) is 25.3 Å². The highest BCUT2D eigenvalue weighted by molar-refractivity contribution is 7.80. The molecule has 0 spiro atoms. The zero-order valence-corrected chi connectivity index (χ0v) is 80.0. The van der Waals surface area contributed by atoms with Crippen LogP contribution < -0.4 is 119 Å². The topological polar surface area (TPSA) is 790 Å². The van der Waals surface area contributed by atoms with E-state index >= 15 is 0 Å². The highest BCUT2D eigenvalue weighted by Gasteiger charge is 2.44. The van der Waals surface area contributed by atoms with E-state index in [0.717, 1.165) is 11.3 Å². The van der Waals surface area contributed by atoms with Crippen LogP contribution in [0.1, 0.15) is 199 Å². The molecule has 2 rings (SSSR count). The maximum Gasteiger partial charge on any atom is 0.325 e. The molecule has 19 amide bonds. The molecule has 2 aliphatic rings. The lowest BCUT2D eigenvalue weighted by Crippen LogP contribution is -2.62. The van der Waals surface area contributed by atoms with E-state index < -0.39 is 314 Å². The van der Waals surface area contributed by atoms with E-state index in [2.05, 4.69) is 121 Å². The quantitative estimate of drug-likeness (QED) is 0.0116. The number of primary amides is 2. The fourth-order valence-corrected chi connectivity index (χ4v) is 14.5. The van der Waals surface area contributed by atoms with Crippen LogP contribution in [0.25, 0.3) is 0 Å². The Hall–Kier alpha value is -11.3. The number of rotatable bonds is 63. The van der Waals surface area contributed by atoms with Crippen LogP contribution in [-0.2, 0) is 101 Å². The Morgan fingerprint density at radius 2 is 0.754 bits per heavy atom. The minimum Gasteiger partial charge on any atom is -0.481 e. The van der Waals surface area contributed by atoms with Gasteiger partial charge in [-0.05, 0) is 127 Å². The van der Waals surface area contributed by atoms with Crippen LogP contribution in [0.4, 0.5) is 0 Å². The normalized spacial score (nSPS) is 17.9. The highest BCUT2D eigenvalue weighted by atomic mass is 32.1. The number of carbonyl (C=O) groups excluding carboxylic acids is 19. The summed E-state index contributed by atoms with van der Waals surface area (Å²) in [5.41, 5.74) is 27.9. The number of likely N-dealkylation sites (tertiary alicyclic amines) is 1. The largest absolute Gasteiger partial charge is 0.481 e. The zero-order chi connectivity index (χ0) is 102. The number of unbranched alkanes of at least 4 members (excludes halogenated alkanes) is 1. The molecule has 2 aliphatic heterocycles. The SMILES string of the molecule is CC[C@H](C)[C@H](NC(=O)[C@H](C)NC(=O)[C@H](CCC(N)=O)NC(=O)[C@@H](NC(=O)[C@H](CS)NC(=O)[C@H](CCC(N)=O)NC(=O)[C@@H](NC(=O)[C@@H]1CCCN1C(=O)[C@H](CO)NC(=O)[C@H](CC(=O)O)NC(=O)[C@H](CCCN=C(N)N)NC(=O)[C@H](CCCCN)NC(=O)[C@@H](NC(=O)[C@H](CS)NC(=O)[C@H](CO)NC(=O)[C@@H](NC(=O)[C@@H]1CCCN1)C(C)C)[C@@H](C)CC)[C@@H](C)CC)[C@@H](C)CC)C(=O)N[C@@H](C)C(=O)O. The van der Waals surface area contributed by atoms with Gasteiger partial charge in [0.05, 0.1) is 25.7 Å². The first-order valence-electron chi connectivity index (χ1n) is 45.2. The fourth-order valence-electron chi connectivity index (χ4n) is 14.0. The summed E-state index contributed by atoms with van der Waals surface area (Å²) < 4.78 is 0. The molecule has 2 saturated heterocycles. The Morgan fingerprint density at radius 3 is 1.16 bits per heavy atom. The van der Waals surface area contributed by atoms with Crippen molar-refractivity contribution in [1.29, 1.82) is 0 Å². The molecule has 0 aliphatic carbocycles. The molecule has 2 fully saturated rings. The lowest BCUT2D eigenvalue weighted by molar-refractivity contribution is -0.144. The number of aliphatic hydroxyl groups is 2. The molecule has 0 unspecified atom stereocenters. The Labute approximate surface area is 789 Å². The molecule has 2 heterocycles. The second-order valence-corrected chi connectivity index (χ2v) is 34.7. The molecule has 0 radical (unpaired) electrons. The first-order valence-corrected chi connectivity index (χ1v) is 46.4. The van der Waals surface area contributed by atoms with Crippen molar-refractivity contribution in [2.45, 2.75) is 307 Å². The molecule has 0 bridgehead atoms. The lowest BCUT2D eigenvalue weighted by Gasteiger charge is -2.32. The van der Waals surface area contributed by atoms with Gasteiger partial charge in [-0.3, -0.25) is 106 Å². The average Bonchev–Trinajstić information content (AvgIpc) is 1.61. The van der Waals surface area contributed by atoms with Gasteiger partial charge in [0.1, 0.15) is 103 Å². The summed E-state index contributed by atoms with van der Waals surface area (Å²) in [4.78, 5) is 293. The first kappa shape index (κ1) is 119. The van der Waals surface area contributed by atoms with Gasteiger partial charge in [-0.1, -0.05) is 94.9 Å². The summed E-state index contributed by atoms with van der Waals surface area (Å²) in [7, 11) is 0. The molecular weight excluding hydrogens is 1800 g/mol. The predicted molar refractivity (Wildman–Crippen MR) is 492 cm³/mol. The van der Waals surface area contributed by atoms with E-state index in [9.17, 15) is 121 Å². The van der Waals surface area contributed by atoms with Crippen LogP contribution in [0, 0.1) is 29.6 Å². The number of carbonyl (C=O) groups is 21. The molecule has 31 N–H and O–H groups in total. The highest BCUT2D eigenvalue weighted by Crippen LogP contribution is 2.22. The van der Waals surface area contributed by atoms with Crippen molar-refractivity contribution in [3.63, 3.8) is 0 Å². The summed E-state index contributed by atoms with van der Waals surface area (Å²) in [6.45, 7) is 17.1. The van der Waals surface area contributed by atoms with E-state index in [-0.39, 0.29) is 89.1 Å². The van der Waals surface area contributed by atoms with Crippen molar-refractivity contribution in [3.8, 4) is 0 Å². The van der Waals surface area contributed by atoms with Crippen molar-refractivity contribution in [1.82, 2.24) is 95.3 Å². The average molecular weight is 1940 g/mol. The van der Waals surface area contributed by atoms with Crippen molar-refractivity contribution >= 4 is 155 Å². The summed E-state index contributed by atoms with van der Waals surface area (Å²) in [6, 6.07) is -26.9. The van der Waals surface area contributed by atoms with Gasteiger partial charge in [0.25, 0.3) is 0 Å².